The molecule has 0 saturated carbocycles. The van der Waals surface area contributed by atoms with Gasteiger partial charge in [0.05, 0.1) is 30.5 Å². The minimum atomic E-state index is -4.16. The number of rotatable bonds is 4. The van der Waals surface area contributed by atoms with E-state index in [1.165, 1.54) is 11.1 Å². The standard InChI is InChI=1S/C16H24F3N3O2/c1-15(2,3)22-9-13(8-20-22)14(23)24-10-12-4-6-21(7-5-12)11-16(17,18)19/h8-9,12H,4-7,10-11H2,1-3H3. The molecular weight excluding hydrogens is 323 g/mol. The average Bonchev–Trinajstić information content (AvgIpc) is 2.94. The van der Waals surface area contributed by atoms with Crippen LogP contribution in [0.25, 0.3) is 0 Å². The van der Waals surface area contributed by atoms with Gasteiger partial charge in [0.15, 0.2) is 0 Å². The maximum Gasteiger partial charge on any atom is 0.401 e. The van der Waals surface area contributed by atoms with Crippen LogP contribution in [0.4, 0.5) is 13.2 Å². The molecule has 1 aromatic rings. The molecule has 0 aliphatic carbocycles. The van der Waals surface area contributed by atoms with Crippen molar-refractivity contribution in [2.24, 2.45) is 5.92 Å². The summed E-state index contributed by atoms with van der Waals surface area (Å²) in [6.45, 7) is 6.05. The summed E-state index contributed by atoms with van der Waals surface area (Å²) in [5.74, 6) is -0.334. The molecule has 0 N–H and O–H groups in total. The number of alkyl halides is 3. The van der Waals surface area contributed by atoms with Crippen molar-refractivity contribution in [3.63, 3.8) is 0 Å². The highest BCUT2D eigenvalue weighted by atomic mass is 19.4. The normalized spacial score (nSPS) is 17.9. The lowest BCUT2D eigenvalue weighted by atomic mass is 9.98. The molecule has 0 spiro atoms. The molecule has 2 rings (SSSR count). The zero-order valence-electron chi connectivity index (χ0n) is 14.3. The van der Waals surface area contributed by atoms with Crippen LogP contribution in [-0.4, -0.2) is 53.1 Å². The summed E-state index contributed by atoms with van der Waals surface area (Å²) in [6, 6.07) is 0. The van der Waals surface area contributed by atoms with Crippen molar-refractivity contribution in [2.45, 2.75) is 45.3 Å². The topological polar surface area (TPSA) is 47.4 Å². The Hall–Kier alpha value is -1.57. The fourth-order valence-electron chi connectivity index (χ4n) is 2.64. The Bertz CT molecular complexity index is 556. The molecule has 136 valence electrons. The van der Waals surface area contributed by atoms with E-state index >= 15 is 0 Å². The largest absolute Gasteiger partial charge is 0.462 e. The van der Waals surface area contributed by atoms with Crippen LogP contribution >= 0.6 is 0 Å². The highest BCUT2D eigenvalue weighted by Crippen LogP contribution is 2.23. The molecule has 0 bridgehead atoms. The Morgan fingerprint density at radius 2 is 1.92 bits per heavy atom. The third-order valence-corrected chi connectivity index (χ3v) is 4.07. The molecule has 1 fully saturated rings. The summed E-state index contributed by atoms with van der Waals surface area (Å²) < 4.78 is 44.0. The lowest BCUT2D eigenvalue weighted by molar-refractivity contribution is -0.148. The van der Waals surface area contributed by atoms with Crippen molar-refractivity contribution >= 4 is 5.97 Å². The van der Waals surface area contributed by atoms with Gasteiger partial charge in [-0.15, -0.1) is 0 Å². The van der Waals surface area contributed by atoms with Crippen molar-refractivity contribution in [1.82, 2.24) is 14.7 Å². The SMILES string of the molecule is CC(C)(C)n1cc(C(=O)OCC2CCN(CC(F)(F)F)CC2)cn1. The van der Waals surface area contributed by atoms with Crippen LogP contribution in [0.5, 0.6) is 0 Å². The number of carbonyl (C=O) groups is 1. The first kappa shape index (κ1) is 18.8. The maximum absolute atomic E-state index is 12.3. The van der Waals surface area contributed by atoms with Crippen LogP contribution in [0.15, 0.2) is 12.4 Å². The van der Waals surface area contributed by atoms with Gasteiger partial charge in [-0.3, -0.25) is 9.58 Å². The van der Waals surface area contributed by atoms with E-state index in [2.05, 4.69) is 5.10 Å². The first-order chi connectivity index (χ1) is 11.0. The quantitative estimate of drug-likeness (QED) is 0.786. The van der Waals surface area contributed by atoms with E-state index in [0.717, 1.165) is 0 Å². The van der Waals surface area contributed by atoms with Gasteiger partial charge in [-0.05, 0) is 52.6 Å². The first-order valence-electron chi connectivity index (χ1n) is 8.06. The molecule has 0 amide bonds. The number of esters is 1. The molecule has 1 aromatic heterocycles. The number of likely N-dealkylation sites (tertiary alicyclic amines) is 1. The van der Waals surface area contributed by atoms with Crippen molar-refractivity contribution in [3.05, 3.63) is 18.0 Å². The van der Waals surface area contributed by atoms with E-state index in [4.69, 9.17) is 4.74 Å². The molecule has 0 atom stereocenters. The zero-order valence-corrected chi connectivity index (χ0v) is 14.3. The number of ether oxygens (including phenoxy) is 1. The minimum Gasteiger partial charge on any atom is -0.462 e. The Morgan fingerprint density at radius 1 is 1.29 bits per heavy atom. The van der Waals surface area contributed by atoms with Crippen molar-refractivity contribution in [1.29, 1.82) is 0 Å². The highest BCUT2D eigenvalue weighted by Gasteiger charge is 2.32. The number of halogens is 3. The fourth-order valence-corrected chi connectivity index (χ4v) is 2.64. The van der Waals surface area contributed by atoms with Gasteiger partial charge < -0.3 is 4.74 Å². The van der Waals surface area contributed by atoms with Gasteiger partial charge in [0.25, 0.3) is 0 Å². The number of carbonyl (C=O) groups excluding carboxylic acids is 1. The lowest BCUT2D eigenvalue weighted by Crippen LogP contribution is -2.40. The van der Waals surface area contributed by atoms with E-state index < -0.39 is 18.7 Å². The van der Waals surface area contributed by atoms with Gasteiger partial charge in [0, 0.05) is 6.20 Å². The molecule has 1 aliphatic rings. The molecule has 2 heterocycles. The molecule has 5 nitrogen and oxygen atoms in total. The fraction of sp³-hybridized carbons (Fsp3) is 0.750. The van der Waals surface area contributed by atoms with Gasteiger partial charge in [-0.1, -0.05) is 0 Å². The van der Waals surface area contributed by atoms with Crippen LogP contribution < -0.4 is 0 Å². The predicted octanol–water partition coefficient (Wildman–Crippen LogP) is 3.07. The van der Waals surface area contributed by atoms with Gasteiger partial charge in [-0.25, -0.2) is 4.79 Å². The number of piperidine rings is 1. The predicted molar refractivity (Wildman–Crippen MR) is 82.7 cm³/mol. The van der Waals surface area contributed by atoms with Gasteiger partial charge in [-0.2, -0.15) is 18.3 Å². The van der Waals surface area contributed by atoms with E-state index in [1.54, 1.807) is 10.9 Å². The van der Waals surface area contributed by atoms with E-state index in [9.17, 15) is 18.0 Å². The third-order valence-electron chi connectivity index (χ3n) is 4.07. The number of nitrogens with zero attached hydrogens (tertiary/aromatic N) is 3. The van der Waals surface area contributed by atoms with Crippen molar-refractivity contribution < 1.29 is 22.7 Å². The molecular formula is C16H24F3N3O2. The Morgan fingerprint density at radius 3 is 2.42 bits per heavy atom. The third kappa shape index (κ3) is 5.51. The van der Waals surface area contributed by atoms with Crippen LogP contribution in [0.3, 0.4) is 0 Å². The highest BCUT2D eigenvalue weighted by molar-refractivity contribution is 5.88. The molecule has 0 radical (unpaired) electrons. The van der Waals surface area contributed by atoms with Crippen LogP contribution in [0.1, 0.15) is 44.0 Å². The number of aromatic nitrogens is 2. The summed E-state index contributed by atoms with van der Waals surface area (Å²) in [6.07, 6.45) is 0.162. The summed E-state index contributed by atoms with van der Waals surface area (Å²) in [7, 11) is 0. The number of hydrogen-bond donors (Lipinski definition) is 0. The Kier molecular flexibility index (Phi) is 5.57. The molecule has 0 unspecified atom stereocenters. The van der Waals surface area contributed by atoms with Gasteiger partial charge in [0.2, 0.25) is 0 Å². The summed E-state index contributed by atoms with van der Waals surface area (Å²) in [4.78, 5) is 13.4. The van der Waals surface area contributed by atoms with Crippen LogP contribution in [0, 0.1) is 5.92 Å². The molecule has 8 heteroatoms. The summed E-state index contributed by atoms with van der Waals surface area (Å²) in [5, 5.41) is 4.15. The second-order valence-electron chi connectivity index (χ2n) is 7.28. The van der Waals surface area contributed by atoms with Crippen molar-refractivity contribution in [3.8, 4) is 0 Å². The average molecular weight is 347 g/mol. The van der Waals surface area contributed by atoms with E-state index in [1.807, 2.05) is 20.8 Å². The Balaban J connectivity index is 1.76. The second-order valence-corrected chi connectivity index (χ2v) is 7.28. The number of hydrogen-bond acceptors (Lipinski definition) is 4. The van der Waals surface area contributed by atoms with E-state index in [0.29, 0.717) is 31.5 Å². The maximum atomic E-state index is 12.3. The monoisotopic (exact) mass is 347 g/mol. The Labute approximate surface area is 139 Å². The lowest BCUT2D eigenvalue weighted by Gasteiger charge is -2.31. The zero-order chi connectivity index (χ0) is 18.0. The van der Waals surface area contributed by atoms with Gasteiger partial charge in [0.1, 0.15) is 0 Å². The summed E-state index contributed by atoms with van der Waals surface area (Å²) in [5.41, 5.74) is 0.170. The smallest absolute Gasteiger partial charge is 0.401 e. The molecule has 24 heavy (non-hydrogen) atoms. The second kappa shape index (κ2) is 7.13. The molecule has 1 saturated heterocycles. The van der Waals surface area contributed by atoms with Crippen molar-refractivity contribution in [2.75, 3.05) is 26.2 Å². The minimum absolute atomic E-state index is 0.107. The van der Waals surface area contributed by atoms with Crippen LogP contribution in [0.2, 0.25) is 0 Å². The molecule has 1 aliphatic heterocycles. The summed E-state index contributed by atoms with van der Waals surface area (Å²) >= 11 is 0. The van der Waals surface area contributed by atoms with E-state index in [-0.39, 0.29) is 18.1 Å². The first-order valence-corrected chi connectivity index (χ1v) is 8.06. The molecule has 0 aromatic carbocycles. The van der Waals surface area contributed by atoms with Crippen LogP contribution in [-0.2, 0) is 10.3 Å². The van der Waals surface area contributed by atoms with Gasteiger partial charge >= 0.3 is 12.1 Å².